The van der Waals surface area contributed by atoms with Crippen LogP contribution in [0.1, 0.15) is 0 Å². The van der Waals surface area contributed by atoms with Crippen LogP contribution in [0, 0.1) is 0 Å². The van der Waals surface area contributed by atoms with Gasteiger partial charge in [-0.1, -0.05) is 133 Å². The van der Waals surface area contributed by atoms with Gasteiger partial charge in [0.25, 0.3) is 0 Å². The number of nitrogens with zero attached hydrogens (tertiary/aromatic N) is 3. The minimum absolute atomic E-state index is 0.598. The summed E-state index contributed by atoms with van der Waals surface area (Å²) in [6.07, 6.45) is 0. The van der Waals surface area contributed by atoms with Crippen LogP contribution in [0.15, 0.2) is 180 Å². The monoisotopic (exact) mass is 707 g/mol. The van der Waals surface area contributed by atoms with E-state index >= 15 is 0 Å². The van der Waals surface area contributed by atoms with Gasteiger partial charge in [0.2, 0.25) is 0 Å². The number of aromatic nitrogens is 3. The van der Waals surface area contributed by atoms with Crippen molar-refractivity contribution in [2.75, 3.05) is 0 Å². The van der Waals surface area contributed by atoms with Crippen LogP contribution in [0.4, 0.5) is 0 Å². The van der Waals surface area contributed by atoms with Crippen LogP contribution in [-0.4, -0.2) is 15.0 Å². The zero-order valence-corrected chi connectivity index (χ0v) is 29.7. The van der Waals surface area contributed by atoms with Gasteiger partial charge in [0, 0.05) is 53.2 Å². The maximum Gasteiger partial charge on any atom is 0.164 e. The Kier molecular flexibility index (Phi) is 7.00. The lowest BCUT2D eigenvalue weighted by molar-refractivity contribution is 0.670. The van der Waals surface area contributed by atoms with Gasteiger partial charge >= 0.3 is 0 Å². The lowest BCUT2D eigenvalue weighted by atomic mass is 9.95. The minimum atomic E-state index is 0.598. The van der Waals surface area contributed by atoms with Gasteiger partial charge in [-0.3, -0.25) is 0 Å². The van der Waals surface area contributed by atoms with Gasteiger partial charge < -0.3 is 4.42 Å². The van der Waals surface area contributed by atoms with Gasteiger partial charge in [0.05, 0.1) is 0 Å². The number of hydrogen-bond acceptors (Lipinski definition) is 5. The Morgan fingerprint density at radius 1 is 0.370 bits per heavy atom. The molecule has 11 aromatic rings. The first-order chi connectivity index (χ1) is 26.7. The van der Waals surface area contributed by atoms with E-state index in [4.69, 9.17) is 19.4 Å². The second kappa shape index (κ2) is 12.3. The summed E-state index contributed by atoms with van der Waals surface area (Å²) in [4.78, 5) is 15.5. The number of furan rings is 1. The summed E-state index contributed by atoms with van der Waals surface area (Å²) in [5.74, 6) is 1.85. The second-order valence-corrected chi connectivity index (χ2v) is 14.7. The molecule has 0 aliphatic heterocycles. The number of hydrogen-bond donors (Lipinski definition) is 0. The minimum Gasteiger partial charge on any atom is -0.455 e. The van der Waals surface area contributed by atoms with E-state index in [1.54, 1.807) is 11.3 Å². The summed E-state index contributed by atoms with van der Waals surface area (Å²) in [5, 5.41) is 6.78. The first-order valence-electron chi connectivity index (χ1n) is 18.0. The summed E-state index contributed by atoms with van der Waals surface area (Å²) < 4.78 is 9.36. The SMILES string of the molecule is c1ccc(-c2cccc(-c3ccc(-c4nc(-c5ccccc5)nc(-c5ccc6c(c5)sc5ccccc56)n4)c4c3oc3cc5ccccc5cc34)c2)cc1. The quantitative estimate of drug-likeness (QED) is 0.179. The highest BCUT2D eigenvalue weighted by atomic mass is 32.1. The molecular formula is C49H29N3OS. The Balaban J connectivity index is 1.17. The number of fused-ring (bicyclic) bond motifs is 7. The first kappa shape index (κ1) is 30.7. The molecule has 5 heteroatoms. The van der Waals surface area contributed by atoms with Crippen molar-refractivity contribution in [2.45, 2.75) is 0 Å². The molecule has 3 heterocycles. The highest BCUT2D eigenvalue weighted by molar-refractivity contribution is 7.25. The van der Waals surface area contributed by atoms with Crippen molar-refractivity contribution in [3.8, 4) is 56.4 Å². The van der Waals surface area contributed by atoms with Crippen molar-refractivity contribution in [1.29, 1.82) is 0 Å². The van der Waals surface area contributed by atoms with Crippen LogP contribution >= 0.6 is 11.3 Å². The van der Waals surface area contributed by atoms with Crippen LogP contribution in [0.5, 0.6) is 0 Å². The van der Waals surface area contributed by atoms with Crippen molar-refractivity contribution in [3.05, 3.63) is 176 Å². The van der Waals surface area contributed by atoms with E-state index < -0.39 is 0 Å². The van der Waals surface area contributed by atoms with E-state index in [2.05, 4.69) is 152 Å². The van der Waals surface area contributed by atoms with E-state index in [0.717, 1.165) is 66.1 Å². The van der Waals surface area contributed by atoms with Crippen LogP contribution in [0.2, 0.25) is 0 Å². The molecule has 0 bridgehead atoms. The predicted molar refractivity (Wildman–Crippen MR) is 225 cm³/mol. The molecule has 0 spiro atoms. The number of thiophene rings is 1. The fraction of sp³-hybridized carbons (Fsp3) is 0. The second-order valence-electron chi connectivity index (χ2n) is 13.6. The molecule has 54 heavy (non-hydrogen) atoms. The Labute approximate surface area is 314 Å². The Hall–Kier alpha value is -6.95. The van der Waals surface area contributed by atoms with Gasteiger partial charge in [0.1, 0.15) is 11.2 Å². The number of rotatable bonds is 5. The zero-order chi connectivity index (χ0) is 35.6. The standard InChI is InChI=1S/C49H29N3OS/c1-3-12-30(13-4-1)32-18-11-19-35(26-32)37-24-25-40(45-41-27-33-16-7-8-17-34(33)28-42(41)53-46(37)45)49-51-47(31-14-5-2-6-15-31)50-48(52-49)36-22-23-39-38-20-9-10-21-43(38)54-44(39)29-36/h1-29H. The molecule has 11 rings (SSSR count). The van der Waals surface area contributed by atoms with Gasteiger partial charge in [-0.15, -0.1) is 11.3 Å². The van der Waals surface area contributed by atoms with Gasteiger partial charge in [0.15, 0.2) is 17.5 Å². The van der Waals surface area contributed by atoms with E-state index in [9.17, 15) is 0 Å². The van der Waals surface area contributed by atoms with Gasteiger partial charge in [-0.05, 0) is 69.9 Å². The first-order valence-corrected chi connectivity index (χ1v) is 18.8. The predicted octanol–water partition coefficient (Wildman–Crippen LogP) is 13.6. The molecule has 0 unspecified atom stereocenters. The molecule has 0 amide bonds. The molecule has 0 radical (unpaired) electrons. The molecule has 3 aromatic heterocycles. The van der Waals surface area contributed by atoms with E-state index in [1.807, 2.05) is 24.3 Å². The third-order valence-corrected chi connectivity index (χ3v) is 11.4. The molecule has 0 aliphatic carbocycles. The van der Waals surface area contributed by atoms with Crippen LogP contribution in [0.25, 0.3) is 109 Å². The average Bonchev–Trinajstić information content (AvgIpc) is 3.81. The molecule has 4 nitrogen and oxygen atoms in total. The fourth-order valence-corrected chi connectivity index (χ4v) is 8.83. The third-order valence-electron chi connectivity index (χ3n) is 10.3. The maximum absolute atomic E-state index is 6.89. The zero-order valence-electron chi connectivity index (χ0n) is 28.9. The average molecular weight is 708 g/mol. The van der Waals surface area contributed by atoms with E-state index in [0.29, 0.717) is 17.5 Å². The molecule has 0 fully saturated rings. The van der Waals surface area contributed by atoms with Crippen molar-refractivity contribution in [3.63, 3.8) is 0 Å². The molecule has 0 saturated heterocycles. The smallest absolute Gasteiger partial charge is 0.164 e. The Morgan fingerprint density at radius 3 is 1.83 bits per heavy atom. The normalized spacial score (nSPS) is 11.7. The largest absolute Gasteiger partial charge is 0.455 e. The lowest BCUT2D eigenvalue weighted by Crippen LogP contribution is -2.00. The third kappa shape index (κ3) is 5.09. The lowest BCUT2D eigenvalue weighted by Gasteiger charge is -2.11. The fourth-order valence-electron chi connectivity index (χ4n) is 7.68. The van der Waals surface area contributed by atoms with Crippen LogP contribution in [0.3, 0.4) is 0 Å². The molecule has 0 atom stereocenters. The Bertz CT molecular complexity index is 3220. The van der Waals surface area contributed by atoms with Gasteiger partial charge in [-0.2, -0.15) is 0 Å². The highest BCUT2D eigenvalue weighted by Gasteiger charge is 2.22. The molecule has 0 aliphatic rings. The van der Waals surface area contributed by atoms with Crippen molar-refractivity contribution in [2.24, 2.45) is 0 Å². The maximum atomic E-state index is 6.89. The van der Waals surface area contributed by atoms with Crippen LogP contribution < -0.4 is 0 Å². The highest BCUT2D eigenvalue weighted by Crippen LogP contribution is 2.43. The Morgan fingerprint density at radius 2 is 1.00 bits per heavy atom. The number of benzene rings is 8. The molecule has 252 valence electrons. The summed E-state index contributed by atoms with van der Waals surface area (Å²) in [7, 11) is 0. The molecule has 0 saturated carbocycles. The topological polar surface area (TPSA) is 51.8 Å². The van der Waals surface area contributed by atoms with Gasteiger partial charge in [-0.25, -0.2) is 15.0 Å². The summed E-state index contributed by atoms with van der Waals surface area (Å²) in [6.45, 7) is 0. The molecule has 8 aromatic carbocycles. The van der Waals surface area contributed by atoms with Crippen molar-refractivity contribution < 1.29 is 4.42 Å². The summed E-state index contributed by atoms with van der Waals surface area (Å²) in [5.41, 5.74) is 8.81. The van der Waals surface area contributed by atoms with E-state index in [1.165, 1.54) is 25.7 Å². The van der Waals surface area contributed by atoms with Crippen LogP contribution in [-0.2, 0) is 0 Å². The van der Waals surface area contributed by atoms with Crippen molar-refractivity contribution >= 4 is 64.2 Å². The molecule has 0 N–H and O–H groups in total. The molecular weight excluding hydrogens is 679 g/mol. The van der Waals surface area contributed by atoms with Crippen molar-refractivity contribution in [1.82, 2.24) is 15.0 Å². The summed E-state index contributed by atoms with van der Waals surface area (Å²) in [6, 6.07) is 61.5. The summed E-state index contributed by atoms with van der Waals surface area (Å²) >= 11 is 1.79. The van der Waals surface area contributed by atoms with E-state index in [-0.39, 0.29) is 0 Å².